The molecule has 0 radical (unpaired) electrons. The fourth-order valence-corrected chi connectivity index (χ4v) is 4.69. The van der Waals surface area contributed by atoms with E-state index in [9.17, 15) is 10.0 Å². The van der Waals surface area contributed by atoms with Crippen molar-refractivity contribution in [3.05, 3.63) is 48.0 Å². The zero-order valence-corrected chi connectivity index (χ0v) is 20.1. The lowest BCUT2D eigenvalue weighted by Crippen LogP contribution is -2.49. The van der Waals surface area contributed by atoms with Crippen LogP contribution in [0.25, 0.3) is 0 Å². The van der Waals surface area contributed by atoms with E-state index in [4.69, 9.17) is 14.3 Å². The molecule has 34 heavy (non-hydrogen) atoms. The van der Waals surface area contributed by atoms with Gasteiger partial charge in [0.05, 0.1) is 26.7 Å². The lowest BCUT2D eigenvalue weighted by atomic mass is 9.96. The first-order valence-electron chi connectivity index (χ1n) is 12.1. The van der Waals surface area contributed by atoms with Gasteiger partial charge in [0.15, 0.2) is 17.2 Å². The fraction of sp³-hybridized carbons (Fsp3) is 0.500. The lowest BCUT2D eigenvalue weighted by molar-refractivity contribution is -0.311. The Morgan fingerprint density at radius 1 is 0.941 bits per heavy atom. The van der Waals surface area contributed by atoms with Gasteiger partial charge in [-0.25, -0.2) is 0 Å². The van der Waals surface area contributed by atoms with Gasteiger partial charge in [-0.1, -0.05) is 25.3 Å². The molecule has 2 aliphatic rings. The van der Waals surface area contributed by atoms with Crippen molar-refractivity contribution >= 4 is 11.6 Å². The van der Waals surface area contributed by atoms with Gasteiger partial charge >= 0.3 is 0 Å². The third-order valence-electron chi connectivity index (χ3n) is 6.72. The van der Waals surface area contributed by atoms with Crippen LogP contribution >= 0.6 is 0 Å². The largest absolute Gasteiger partial charge is 0.493 e. The first kappa shape index (κ1) is 24.2. The van der Waals surface area contributed by atoms with Crippen molar-refractivity contribution in [2.24, 2.45) is 0 Å². The molecule has 1 saturated carbocycles. The SMILES string of the molecule is COc1ccc(CC(=O)N2CCN(c3ccc(ON(O)C4CCCCC4)cc3)CC2)cc1OC. The Hall–Kier alpha value is -2.97. The minimum absolute atomic E-state index is 0.0676. The Balaban J connectivity index is 1.26. The Bertz CT molecular complexity index is 938. The van der Waals surface area contributed by atoms with E-state index in [1.807, 2.05) is 47.4 Å². The number of anilines is 1. The summed E-state index contributed by atoms with van der Waals surface area (Å²) in [6.45, 7) is 2.89. The molecule has 2 aromatic rings. The number of amides is 1. The van der Waals surface area contributed by atoms with E-state index < -0.39 is 0 Å². The fourth-order valence-electron chi connectivity index (χ4n) is 4.69. The van der Waals surface area contributed by atoms with E-state index in [1.54, 1.807) is 14.2 Å². The number of rotatable bonds is 8. The quantitative estimate of drug-likeness (QED) is 0.588. The summed E-state index contributed by atoms with van der Waals surface area (Å²) < 4.78 is 10.6. The molecule has 1 aliphatic heterocycles. The number of hydrogen-bond acceptors (Lipinski definition) is 7. The monoisotopic (exact) mass is 469 g/mol. The van der Waals surface area contributed by atoms with E-state index in [1.165, 1.54) is 6.42 Å². The highest BCUT2D eigenvalue weighted by Crippen LogP contribution is 2.28. The standard InChI is InChI=1S/C26H35N3O5/c1-32-24-13-8-20(18-25(24)33-2)19-26(30)28-16-14-27(15-17-28)21-9-11-23(12-10-21)34-29(31)22-6-4-3-5-7-22/h8-13,18,22,31H,3-7,14-17,19H2,1-2H3. The predicted octanol–water partition coefficient (Wildman–Crippen LogP) is 3.91. The van der Waals surface area contributed by atoms with E-state index in [0.29, 0.717) is 36.8 Å². The second kappa shape index (κ2) is 11.4. The van der Waals surface area contributed by atoms with Gasteiger partial charge in [-0.3, -0.25) is 10.0 Å². The molecule has 184 valence electrons. The van der Waals surface area contributed by atoms with Gasteiger partial charge in [0.2, 0.25) is 5.91 Å². The minimum atomic E-state index is 0.0676. The first-order chi connectivity index (χ1) is 16.6. The minimum Gasteiger partial charge on any atom is -0.493 e. The molecule has 4 rings (SSSR count). The number of carbonyl (C=O) groups excluding carboxylic acids is 1. The van der Waals surface area contributed by atoms with Crippen molar-refractivity contribution in [1.29, 1.82) is 0 Å². The van der Waals surface area contributed by atoms with Crippen LogP contribution in [0.5, 0.6) is 17.2 Å². The summed E-state index contributed by atoms with van der Waals surface area (Å²) in [7, 11) is 3.19. The van der Waals surface area contributed by atoms with Crippen LogP contribution in [-0.2, 0) is 11.2 Å². The molecule has 8 heteroatoms. The summed E-state index contributed by atoms with van der Waals surface area (Å²) in [4.78, 5) is 22.6. The third kappa shape index (κ3) is 5.93. The van der Waals surface area contributed by atoms with Crippen LogP contribution in [0.2, 0.25) is 0 Å². The number of methoxy groups -OCH3 is 2. The summed E-state index contributed by atoms with van der Waals surface area (Å²) in [5.74, 6) is 2.03. The van der Waals surface area contributed by atoms with Crippen LogP contribution in [0.3, 0.4) is 0 Å². The summed E-state index contributed by atoms with van der Waals surface area (Å²) in [6, 6.07) is 13.4. The average molecular weight is 470 g/mol. The van der Waals surface area contributed by atoms with Crippen molar-refractivity contribution in [2.75, 3.05) is 45.3 Å². The number of nitrogens with zero attached hydrogens (tertiary/aromatic N) is 3. The van der Waals surface area contributed by atoms with Crippen LogP contribution in [0.15, 0.2) is 42.5 Å². The zero-order valence-electron chi connectivity index (χ0n) is 20.1. The third-order valence-corrected chi connectivity index (χ3v) is 6.72. The predicted molar refractivity (Wildman–Crippen MR) is 130 cm³/mol. The Morgan fingerprint density at radius 3 is 2.26 bits per heavy atom. The van der Waals surface area contributed by atoms with E-state index >= 15 is 0 Å². The van der Waals surface area contributed by atoms with Crippen LogP contribution in [0.1, 0.15) is 37.7 Å². The number of benzene rings is 2. The number of hydroxylamine groups is 2. The lowest BCUT2D eigenvalue weighted by Gasteiger charge is -2.36. The highest BCUT2D eigenvalue weighted by Gasteiger charge is 2.23. The van der Waals surface area contributed by atoms with E-state index in [0.717, 1.165) is 55.3 Å². The van der Waals surface area contributed by atoms with Gasteiger partial charge in [-0.2, -0.15) is 0 Å². The van der Waals surface area contributed by atoms with Gasteiger partial charge < -0.3 is 24.1 Å². The average Bonchev–Trinajstić information content (AvgIpc) is 2.89. The Morgan fingerprint density at radius 2 is 1.62 bits per heavy atom. The molecule has 0 unspecified atom stereocenters. The van der Waals surface area contributed by atoms with Crippen LogP contribution in [-0.4, -0.2) is 67.7 Å². The maximum atomic E-state index is 12.8. The topological polar surface area (TPSA) is 74.7 Å². The molecule has 1 aliphatic carbocycles. The molecule has 1 heterocycles. The van der Waals surface area contributed by atoms with Gasteiger partial charge in [-0.05, 0) is 60.0 Å². The van der Waals surface area contributed by atoms with Crippen LogP contribution < -0.4 is 19.2 Å². The van der Waals surface area contributed by atoms with E-state index in [-0.39, 0.29) is 11.9 Å². The smallest absolute Gasteiger partial charge is 0.227 e. The zero-order chi connectivity index (χ0) is 23.9. The highest BCUT2D eigenvalue weighted by atomic mass is 16.9. The second-order valence-electron chi connectivity index (χ2n) is 8.91. The molecular weight excluding hydrogens is 434 g/mol. The molecular formula is C26H35N3O5. The van der Waals surface area contributed by atoms with Gasteiger partial charge in [-0.15, -0.1) is 0 Å². The van der Waals surface area contributed by atoms with Crippen molar-refractivity contribution in [3.8, 4) is 17.2 Å². The van der Waals surface area contributed by atoms with Crippen molar-refractivity contribution in [2.45, 2.75) is 44.6 Å². The van der Waals surface area contributed by atoms with Gasteiger partial charge in [0.25, 0.3) is 0 Å². The molecule has 1 amide bonds. The molecule has 0 bridgehead atoms. The van der Waals surface area contributed by atoms with Crippen LogP contribution in [0, 0.1) is 0 Å². The molecule has 0 spiro atoms. The van der Waals surface area contributed by atoms with Gasteiger partial charge in [0.1, 0.15) is 0 Å². The van der Waals surface area contributed by atoms with Crippen molar-refractivity contribution in [1.82, 2.24) is 10.1 Å². The highest BCUT2D eigenvalue weighted by molar-refractivity contribution is 5.79. The van der Waals surface area contributed by atoms with Crippen molar-refractivity contribution in [3.63, 3.8) is 0 Å². The number of ether oxygens (including phenoxy) is 2. The molecule has 2 fully saturated rings. The summed E-state index contributed by atoms with van der Waals surface area (Å²) in [5, 5.41) is 11.3. The summed E-state index contributed by atoms with van der Waals surface area (Å²) >= 11 is 0. The normalized spacial score (nSPS) is 17.1. The first-order valence-corrected chi connectivity index (χ1v) is 12.1. The second-order valence-corrected chi connectivity index (χ2v) is 8.91. The molecule has 1 saturated heterocycles. The molecule has 8 nitrogen and oxygen atoms in total. The molecule has 0 aromatic heterocycles. The van der Waals surface area contributed by atoms with Gasteiger partial charge in [0, 0.05) is 31.9 Å². The maximum absolute atomic E-state index is 12.8. The number of hydrogen-bond donors (Lipinski definition) is 1. The Labute approximate surface area is 201 Å². The number of piperazine rings is 1. The van der Waals surface area contributed by atoms with E-state index in [2.05, 4.69) is 4.90 Å². The van der Waals surface area contributed by atoms with Crippen LogP contribution in [0.4, 0.5) is 5.69 Å². The number of carbonyl (C=O) groups is 1. The summed E-state index contributed by atoms with van der Waals surface area (Å²) in [6.07, 6.45) is 5.76. The summed E-state index contributed by atoms with van der Waals surface area (Å²) in [5.41, 5.74) is 1.99. The molecule has 2 aromatic carbocycles. The molecule has 1 N–H and O–H groups in total. The maximum Gasteiger partial charge on any atom is 0.227 e. The van der Waals surface area contributed by atoms with Crippen molar-refractivity contribution < 1.29 is 24.3 Å². The molecule has 0 atom stereocenters. The Kier molecular flexibility index (Phi) is 8.13.